The molecule has 0 spiro atoms. The van der Waals surface area contributed by atoms with E-state index in [2.05, 4.69) is 25.9 Å². The van der Waals surface area contributed by atoms with Gasteiger partial charge in [-0.15, -0.1) is 0 Å². The molecule has 3 nitrogen and oxygen atoms in total. The summed E-state index contributed by atoms with van der Waals surface area (Å²) in [4.78, 5) is 0. The number of hydrogen-bond acceptors (Lipinski definition) is 2. The molecule has 1 saturated carbocycles. The topological polar surface area (TPSA) is 43.8 Å². The van der Waals surface area contributed by atoms with Crippen LogP contribution in [0, 0.1) is 5.41 Å². The molecule has 0 saturated heterocycles. The van der Waals surface area contributed by atoms with Crippen LogP contribution in [0.4, 0.5) is 0 Å². The first-order valence-corrected chi connectivity index (χ1v) is 7.17. The SMILES string of the molecule is CCc1nn(C)c(CC2(N)CCCC2(C)C)c1Cl. The van der Waals surface area contributed by atoms with E-state index < -0.39 is 0 Å². The molecule has 0 aliphatic heterocycles. The van der Waals surface area contributed by atoms with Crippen LogP contribution in [0.3, 0.4) is 0 Å². The lowest BCUT2D eigenvalue weighted by Gasteiger charge is -2.38. The first-order chi connectivity index (χ1) is 8.31. The Hall–Kier alpha value is -0.540. The minimum absolute atomic E-state index is 0.157. The molecule has 0 amide bonds. The average Bonchev–Trinajstić information content (AvgIpc) is 2.70. The lowest BCUT2D eigenvalue weighted by Crippen LogP contribution is -2.51. The highest BCUT2D eigenvalue weighted by Crippen LogP contribution is 2.46. The van der Waals surface area contributed by atoms with Crippen molar-refractivity contribution in [2.24, 2.45) is 18.2 Å². The summed E-state index contributed by atoms with van der Waals surface area (Å²) in [5, 5.41) is 5.29. The third-order valence-corrected chi connectivity index (χ3v) is 5.19. The monoisotopic (exact) mass is 269 g/mol. The van der Waals surface area contributed by atoms with Crippen LogP contribution in [-0.4, -0.2) is 15.3 Å². The molecule has 1 aromatic heterocycles. The second kappa shape index (κ2) is 4.53. The zero-order valence-electron chi connectivity index (χ0n) is 11.9. The Bertz CT molecular complexity index is 450. The minimum Gasteiger partial charge on any atom is -0.324 e. The molecule has 4 heteroatoms. The van der Waals surface area contributed by atoms with Crippen molar-refractivity contribution in [2.45, 2.75) is 58.4 Å². The summed E-state index contributed by atoms with van der Waals surface area (Å²) in [5.41, 5.74) is 8.74. The Morgan fingerprint density at radius 3 is 2.50 bits per heavy atom. The summed E-state index contributed by atoms with van der Waals surface area (Å²) < 4.78 is 1.91. The largest absolute Gasteiger partial charge is 0.324 e. The lowest BCUT2D eigenvalue weighted by atomic mass is 9.73. The van der Waals surface area contributed by atoms with Crippen molar-refractivity contribution in [2.75, 3.05) is 0 Å². The van der Waals surface area contributed by atoms with E-state index >= 15 is 0 Å². The van der Waals surface area contributed by atoms with Gasteiger partial charge in [-0.2, -0.15) is 5.10 Å². The molecule has 2 N–H and O–H groups in total. The summed E-state index contributed by atoms with van der Waals surface area (Å²) in [5.74, 6) is 0. The quantitative estimate of drug-likeness (QED) is 0.916. The zero-order chi connectivity index (χ0) is 13.6. The summed E-state index contributed by atoms with van der Waals surface area (Å²) in [7, 11) is 1.96. The van der Waals surface area contributed by atoms with E-state index in [1.54, 1.807) is 0 Å². The molecule has 1 fully saturated rings. The van der Waals surface area contributed by atoms with E-state index in [0.717, 1.165) is 35.7 Å². The number of aromatic nitrogens is 2. The van der Waals surface area contributed by atoms with Gasteiger partial charge in [0.25, 0.3) is 0 Å². The molecular weight excluding hydrogens is 246 g/mol. The lowest BCUT2D eigenvalue weighted by molar-refractivity contribution is 0.204. The molecule has 0 radical (unpaired) electrons. The molecule has 1 atom stereocenters. The maximum absolute atomic E-state index is 6.66. The second-order valence-corrected chi connectivity index (χ2v) is 6.63. The van der Waals surface area contributed by atoms with Gasteiger partial charge in [-0.3, -0.25) is 4.68 Å². The fraction of sp³-hybridized carbons (Fsp3) is 0.786. The molecule has 1 aliphatic carbocycles. The number of nitrogens with zero attached hydrogens (tertiary/aromatic N) is 2. The molecule has 18 heavy (non-hydrogen) atoms. The number of aryl methyl sites for hydroxylation is 2. The number of halogens is 1. The molecule has 2 rings (SSSR count). The average molecular weight is 270 g/mol. The molecule has 1 aliphatic rings. The molecule has 1 unspecified atom stereocenters. The van der Waals surface area contributed by atoms with Crippen LogP contribution in [0.2, 0.25) is 5.02 Å². The highest BCUT2D eigenvalue weighted by atomic mass is 35.5. The van der Waals surface area contributed by atoms with E-state index in [1.807, 2.05) is 11.7 Å². The van der Waals surface area contributed by atoms with Gasteiger partial charge < -0.3 is 5.73 Å². The van der Waals surface area contributed by atoms with E-state index in [4.69, 9.17) is 17.3 Å². The first-order valence-electron chi connectivity index (χ1n) is 6.80. The van der Waals surface area contributed by atoms with Crippen LogP contribution in [0.5, 0.6) is 0 Å². The standard InChI is InChI=1S/C14H24ClN3/c1-5-10-12(15)11(18(4)17-10)9-14(16)8-6-7-13(14,2)3/h5-9,16H2,1-4H3. The van der Waals surface area contributed by atoms with Crippen molar-refractivity contribution in [1.82, 2.24) is 9.78 Å². The summed E-state index contributed by atoms with van der Waals surface area (Å²) in [6, 6.07) is 0. The van der Waals surface area contributed by atoms with Crippen LogP contribution in [0.25, 0.3) is 0 Å². The Morgan fingerprint density at radius 2 is 2.06 bits per heavy atom. The van der Waals surface area contributed by atoms with Crippen molar-refractivity contribution >= 4 is 11.6 Å². The predicted molar refractivity (Wildman–Crippen MR) is 75.9 cm³/mol. The van der Waals surface area contributed by atoms with Gasteiger partial charge in [-0.25, -0.2) is 0 Å². The first kappa shape index (κ1) is 13.9. The van der Waals surface area contributed by atoms with Crippen LogP contribution >= 0.6 is 11.6 Å². The summed E-state index contributed by atoms with van der Waals surface area (Å²) in [6.07, 6.45) is 5.16. The molecular formula is C14H24ClN3. The van der Waals surface area contributed by atoms with Crippen molar-refractivity contribution in [3.8, 4) is 0 Å². The normalized spacial score (nSPS) is 26.8. The van der Waals surface area contributed by atoms with Gasteiger partial charge in [-0.05, 0) is 24.7 Å². The molecule has 0 bridgehead atoms. The third kappa shape index (κ3) is 2.08. The van der Waals surface area contributed by atoms with Gasteiger partial charge >= 0.3 is 0 Å². The second-order valence-electron chi connectivity index (χ2n) is 6.25. The van der Waals surface area contributed by atoms with Crippen molar-refractivity contribution in [3.63, 3.8) is 0 Å². The smallest absolute Gasteiger partial charge is 0.0850 e. The van der Waals surface area contributed by atoms with Crippen molar-refractivity contribution in [1.29, 1.82) is 0 Å². The van der Waals surface area contributed by atoms with Crippen molar-refractivity contribution < 1.29 is 0 Å². The van der Waals surface area contributed by atoms with E-state index in [9.17, 15) is 0 Å². The van der Waals surface area contributed by atoms with Gasteiger partial charge in [0.05, 0.1) is 16.4 Å². The van der Waals surface area contributed by atoms with E-state index in [0.29, 0.717) is 0 Å². The van der Waals surface area contributed by atoms with Gasteiger partial charge in [0.15, 0.2) is 0 Å². The number of nitrogens with two attached hydrogens (primary N) is 1. The predicted octanol–water partition coefficient (Wildman–Crippen LogP) is 3.09. The van der Waals surface area contributed by atoms with Gasteiger partial charge in [-0.1, -0.05) is 38.8 Å². The minimum atomic E-state index is -0.157. The van der Waals surface area contributed by atoms with Gasteiger partial charge in [0.1, 0.15) is 0 Å². The van der Waals surface area contributed by atoms with Crippen molar-refractivity contribution in [3.05, 3.63) is 16.4 Å². The highest BCUT2D eigenvalue weighted by Gasteiger charge is 2.46. The summed E-state index contributed by atoms with van der Waals surface area (Å²) in [6.45, 7) is 6.62. The Balaban J connectivity index is 2.32. The Kier molecular flexibility index (Phi) is 3.50. The Morgan fingerprint density at radius 1 is 1.39 bits per heavy atom. The van der Waals surface area contributed by atoms with E-state index in [-0.39, 0.29) is 11.0 Å². The fourth-order valence-electron chi connectivity index (χ4n) is 3.07. The third-order valence-electron chi connectivity index (χ3n) is 4.76. The maximum atomic E-state index is 6.66. The summed E-state index contributed by atoms with van der Waals surface area (Å²) >= 11 is 6.42. The fourth-order valence-corrected chi connectivity index (χ4v) is 3.43. The maximum Gasteiger partial charge on any atom is 0.0850 e. The van der Waals surface area contributed by atoms with E-state index in [1.165, 1.54) is 12.8 Å². The van der Waals surface area contributed by atoms with Gasteiger partial charge in [0, 0.05) is 19.0 Å². The number of hydrogen-bond donors (Lipinski definition) is 1. The molecule has 1 heterocycles. The molecule has 1 aromatic rings. The van der Waals surface area contributed by atoms with Crippen LogP contribution in [0.1, 0.15) is 51.4 Å². The molecule has 0 aromatic carbocycles. The zero-order valence-corrected chi connectivity index (χ0v) is 12.6. The molecule has 102 valence electrons. The van der Waals surface area contributed by atoms with Gasteiger partial charge in [0.2, 0.25) is 0 Å². The Labute approximate surface area is 115 Å². The highest BCUT2D eigenvalue weighted by molar-refractivity contribution is 6.31. The number of rotatable bonds is 3. The van der Waals surface area contributed by atoms with Crippen LogP contribution in [0.15, 0.2) is 0 Å². The van der Waals surface area contributed by atoms with Crippen LogP contribution in [-0.2, 0) is 19.9 Å². The van der Waals surface area contributed by atoms with Crippen LogP contribution < -0.4 is 5.73 Å².